The first kappa shape index (κ1) is 104. The molecule has 13 atom stereocenters. The van der Waals surface area contributed by atoms with E-state index >= 15 is 0 Å². The number of para-hydroxylation sites is 2. The first-order valence-electron chi connectivity index (χ1n) is 42.4. The summed E-state index contributed by atoms with van der Waals surface area (Å²) in [5.41, 5.74) is 21.8. The average Bonchev–Trinajstić information content (AvgIpc) is 1.64. The smallest absolute Gasteiger partial charge is 0.326 e. The molecule has 0 bridgehead atoms. The number of aliphatic carboxylic acids is 2. The zero-order valence-corrected chi connectivity index (χ0v) is 75.2. The van der Waals surface area contributed by atoms with Gasteiger partial charge in [-0.05, 0) is 102 Å². The number of carboxylic acid groups (broad SMARTS) is 2. The first-order valence-corrected chi connectivity index (χ1v) is 45.1. The second-order valence-electron chi connectivity index (χ2n) is 31.8. The monoisotopic (exact) mass is 1880 g/mol. The Hall–Kier alpha value is -13.8. The lowest BCUT2D eigenvalue weighted by atomic mass is 10.0. The Balaban J connectivity index is 0.958. The molecule has 0 unspecified atom stereocenters. The van der Waals surface area contributed by atoms with Gasteiger partial charge in [-0.1, -0.05) is 123 Å². The number of hydrogen-bond acceptors (Lipinski definition) is 23. The summed E-state index contributed by atoms with van der Waals surface area (Å²) in [6.07, 6.45) is 3.29. The van der Waals surface area contributed by atoms with Gasteiger partial charge in [-0.3, -0.25) is 76.7 Å². The van der Waals surface area contributed by atoms with Gasteiger partial charge in [-0.15, -0.1) is 0 Å². The molecular formula is C89H112N20O20S3. The van der Waals surface area contributed by atoms with Crippen LogP contribution in [0.25, 0.3) is 21.8 Å². The van der Waals surface area contributed by atoms with Crippen LogP contribution in [0.15, 0.2) is 158 Å². The second-order valence-corrected chi connectivity index (χ2v) is 33.5. The van der Waals surface area contributed by atoms with Gasteiger partial charge in [0.15, 0.2) is 0 Å². The Bertz CT molecular complexity index is 5320. The van der Waals surface area contributed by atoms with E-state index in [2.05, 4.69) is 114 Å². The van der Waals surface area contributed by atoms with Crippen LogP contribution >= 0.6 is 37.0 Å². The molecule has 8 rings (SSSR count). The Morgan fingerprint density at radius 2 is 0.765 bits per heavy atom. The third kappa shape index (κ3) is 33.3. The molecule has 706 valence electrons. The predicted molar refractivity (Wildman–Crippen MR) is 494 cm³/mol. The van der Waals surface area contributed by atoms with Crippen LogP contribution in [-0.4, -0.2) is 244 Å². The summed E-state index contributed by atoms with van der Waals surface area (Å²) in [4.78, 5) is 250. The van der Waals surface area contributed by atoms with Crippen molar-refractivity contribution < 1.29 is 96.8 Å². The fourth-order valence-corrected chi connectivity index (χ4v) is 15.1. The molecule has 15 amide bonds. The molecule has 0 aliphatic carbocycles. The largest absolute Gasteiger partial charge is 0.508 e. The molecule has 0 saturated heterocycles. The van der Waals surface area contributed by atoms with Gasteiger partial charge in [0.1, 0.15) is 78.3 Å². The number of carbonyl (C=O) groups is 17. The van der Waals surface area contributed by atoms with Crippen LogP contribution in [0.1, 0.15) is 98.7 Å². The van der Waals surface area contributed by atoms with Gasteiger partial charge in [0.2, 0.25) is 88.6 Å². The van der Waals surface area contributed by atoms with Gasteiger partial charge in [-0.25, -0.2) is 9.78 Å². The van der Waals surface area contributed by atoms with E-state index in [0.29, 0.717) is 55.3 Å². The Morgan fingerprint density at radius 3 is 1.18 bits per heavy atom. The number of imidazole rings is 1. The SMILES string of the molecule is CSCC[C@H](NC(=O)[C@H](CC(C)C)NC(=O)CNC(=O)[C@H](Cc1c[nH]c2ccccc12)NC(=O)[C@H](CCC(N)=O)NC(=O)[C@H](CCC(N)=O)NC(=O)[C@H](CS)NC(=O)[C@H](Cc1c[nH]c2ccccc12)NC(=O)[C@H](Cc1ccc(O)cc1)NC(=O)[C@@H](N)Cc1cnc[nH]1)C(=O)N[C@@H](CS)C(=O)N[C@@H](Cc1ccccc1)C(=O)N[C@@H](CCC(=O)O)C(=O)N[C@@H](Cc1ccccc1)C(=O)O. The third-order valence-electron chi connectivity index (χ3n) is 21.2. The number of aromatic hydroxyl groups is 1. The van der Waals surface area contributed by atoms with Crippen LogP contribution in [0.3, 0.4) is 0 Å². The lowest BCUT2D eigenvalue weighted by Gasteiger charge is -2.27. The molecule has 0 aliphatic rings. The molecule has 5 aromatic carbocycles. The minimum atomic E-state index is -1.77. The molecule has 0 spiro atoms. The highest BCUT2D eigenvalue weighted by Gasteiger charge is 2.39. The molecule has 0 fully saturated rings. The zero-order valence-electron chi connectivity index (χ0n) is 72.6. The fourth-order valence-electron chi connectivity index (χ4n) is 14.2. The van der Waals surface area contributed by atoms with Gasteiger partial charge in [0.05, 0.1) is 18.9 Å². The number of benzene rings is 5. The molecule has 40 nitrogen and oxygen atoms in total. The number of nitrogens with zero attached hydrogens (tertiary/aromatic N) is 1. The van der Waals surface area contributed by atoms with Crippen LogP contribution in [-0.2, 0) is 120 Å². The molecule has 132 heavy (non-hydrogen) atoms. The number of H-pyrrole nitrogens is 3. The van der Waals surface area contributed by atoms with E-state index in [-0.39, 0.29) is 74.5 Å². The number of thiol groups is 2. The summed E-state index contributed by atoms with van der Waals surface area (Å²) in [6.45, 7) is 2.62. The van der Waals surface area contributed by atoms with E-state index in [1.807, 2.05) is 0 Å². The summed E-state index contributed by atoms with van der Waals surface area (Å²) in [5.74, 6) is -18.3. The van der Waals surface area contributed by atoms with Crippen molar-refractivity contribution in [3.63, 3.8) is 0 Å². The van der Waals surface area contributed by atoms with E-state index in [1.54, 1.807) is 142 Å². The minimum absolute atomic E-state index is 0.000107. The van der Waals surface area contributed by atoms with Crippen LogP contribution in [0.5, 0.6) is 5.75 Å². The van der Waals surface area contributed by atoms with Crippen molar-refractivity contribution in [2.45, 2.75) is 182 Å². The normalized spacial score (nSPS) is 14.1. The number of nitrogens with two attached hydrogens (primary N) is 3. The highest BCUT2D eigenvalue weighted by molar-refractivity contribution is 7.98. The molecule has 0 saturated carbocycles. The third-order valence-corrected chi connectivity index (χ3v) is 22.6. The average molecular weight is 1880 g/mol. The highest BCUT2D eigenvalue weighted by atomic mass is 32.2. The number of carboxylic acids is 2. The molecule has 3 heterocycles. The number of carbonyl (C=O) groups excluding carboxylic acids is 15. The highest BCUT2D eigenvalue weighted by Crippen LogP contribution is 2.23. The predicted octanol–water partition coefficient (Wildman–Crippen LogP) is -0.766. The number of phenols is 1. The van der Waals surface area contributed by atoms with Gasteiger partial charge in [0, 0.05) is 115 Å². The van der Waals surface area contributed by atoms with Gasteiger partial charge in [0.25, 0.3) is 0 Å². The van der Waals surface area contributed by atoms with Crippen LogP contribution in [0.2, 0.25) is 0 Å². The molecule has 8 aromatic rings. The summed E-state index contributed by atoms with van der Waals surface area (Å²) in [6, 6.07) is 16.5. The molecule has 0 radical (unpaired) electrons. The van der Waals surface area contributed by atoms with E-state index in [1.165, 1.54) is 48.6 Å². The molecular weight excluding hydrogens is 1770 g/mol. The van der Waals surface area contributed by atoms with Crippen molar-refractivity contribution in [2.24, 2.45) is 23.1 Å². The van der Waals surface area contributed by atoms with Crippen LogP contribution < -0.4 is 86.3 Å². The van der Waals surface area contributed by atoms with E-state index < -0.39 is 230 Å². The van der Waals surface area contributed by atoms with Crippen molar-refractivity contribution in [2.75, 3.05) is 30.1 Å². The number of aromatic nitrogens is 4. The van der Waals surface area contributed by atoms with E-state index in [0.717, 1.165) is 0 Å². The number of aromatic amines is 3. The van der Waals surface area contributed by atoms with Gasteiger partial charge >= 0.3 is 11.9 Å². The van der Waals surface area contributed by atoms with E-state index in [9.17, 15) is 96.8 Å². The molecule has 43 heteroatoms. The zero-order chi connectivity index (χ0) is 96.1. The topological polar surface area (TPSA) is 646 Å². The molecule has 0 aliphatic heterocycles. The van der Waals surface area contributed by atoms with Crippen molar-refractivity contribution in [3.05, 3.63) is 192 Å². The Kier molecular flexibility index (Phi) is 40.9. The lowest BCUT2D eigenvalue weighted by Crippen LogP contribution is -2.61. The summed E-state index contributed by atoms with van der Waals surface area (Å²) in [7, 11) is 0. The van der Waals surface area contributed by atoms with E-state index in [4.69, 9.17) is 17.2 Å². The summed E-state index contributed by atoms with van der Waals surface area (Å²) >= 11 is 10.0. The second kappa shape index (κ2) is 52.1. The lowest BCUT2D eigenvalue weighted by molar-refractivity contribution is -0.143. The molecule has 3 aromatic heterocycles. The maximum Gasteiger partial charge on any atom is 0.326 e. The Morgan fingerprint density at radius 1 is 0.402 bits per heavy atom. The van der Waals surface area contributed by atoms with Gasteiger partial charge in [-0.2, -0.15) is 37.0 Å². The number of fused-ring (bicyclic) bond motifs is 2. The van der Waals surface area contributed by atoms with Crippen molar-refractivity contribution in [1.29, 1.82) is 0 Å². The van der Waals surface area contributed by atoms with Crippen LogP contribution in [0.4, 0.5) is 0 Å². The van der Waals surface area contributed by atoms with Gasteiger partial charge < -0.3 is 117 Å². The summed E-state index contributed by atoms with van der Waals surface area (Å²) < 4.78 is 0. The number of primary amides is 2. The minimum Gasteiger partial charge on any atom is -0.508 e. The number of rotatable bonds is 55. The first-order chi connectivity index (χ1) is 63.1. The number of thioether (sulfide) groups is 1. The molecule has 25 N–H and O–H groups in total. The number of amides is 15. The Labute approximate surface area is 774 Å². The maximum atomic E-state index is 14.9. The maximum absolute atomic E-state index is 14.9. The standard InChI is InChI=1S/C89H112N20O20S3/c1-48(2)34-65(83(122)102-64(32-33-132-3)82(121)108-72(46-131)88(127)104-67(35-49-14-6-4-7-15-49)84(123)100-63(28-31-76(114)115)81(120)107-70(89(128)129)37-50-16-8-5-9-17-50)98-75(113)44-96-78(117)68(38-52-41-94-59-20-12-10-18-56(52)59)105-80(119)62(27-30-74(92)112)99-79(118)61(26-29-73(91)111)101-87(126)71(45-130)109-86(125)69(39-53-42-95-60-21-13-11-19-57(53)60)106-85(124)66(36-51-22-24-55(110)25-23-51)103-77(116)58(90)40-54-43-93-47-97-54/h4-25,41-43,47-48,58,61-72,94-95,110,130-131H,26-40,44-46,90H2,1-3H3,(H2,91,111)(H2,92,112)(H,93,97)(H,96,117)(H,98,113)(H,99,118)(H,100,123)(H,101,126)(H,102,122)(H,103,116)(H,104,127)(H,105,119)(H,106,124)(H,107,120)(H,108,121)(H,109,125)(H,114,115)(H,128,129)/t58-,61-,62-,63-,64-,65-,66-,67-,68-,69-,70-,71-,72-/m0/s1. The van der Waals surface area contributed by atoms with Crippen molar-refractivity contribution >= 4 is 159 Å². The van der Waals surface area contributed by atoms with Crippen molar-refractivity contribution in [1.82, 2.24) is 89.1 Å². The van der Waals surface area contributed by atoms with Crippen LogP contribution in [0, 0.1) is 5.92 Å². The summed E-state index contributed by atoms with van der Waals surface area (Å²) in [5, 5.41) is 64.5. The number of nitrogens with one attached hydrogen (secondary N) is 16. The fraction of sp³-hybridized carbons (Fsp3) is 0.393. The van der Waals surface area contributed by atoms with Crippen molar-refractivity contribution in [3.8, 4) is 5.75 Å². The number of phenolic OH excluding ortho intramolecular Hbond substituents is 1. The quantitative estimate of drug-likeness (QED) is 0.0208. The number of hydrogen-bond donors (Lipinski definition) is 24.